The summed E-state index contributed by atoms with van der Waals surface area (Å²) < 4.78 is 1.51. The molecule has 1 heterocycles. The first-order valence-electron chi connectivity index (χ1n) is 8.55. The fourth-order valence-electron chi connectivity index (χ4n) is 2.56. The number of rotatable bonds is 9. The lowest BCUT2D eigenvalue weighted by atomic mass is 10.1. The number of amides is 1. The maximum atomic E-state index is 12.6. The van der Waals surface area contributed by atoms with Crippen LogP contribution in [0.4, 0.5) is 0 Å². The van der Waals surface area contributed by atoms with Crippen LogP contribution in [0.5, 0.6) is 0 Å². The Bertz CT molecular complexity index is 780. The van der Waals surface area contributed by atoms with Crippen molar-refractivity contribution in [3.05, 3.63) is 72.6 Å². The Morgan fingerprint density at radius 1 is 1.08 bits per heavy atom. The molecule has 3 rings (SSSR count). The van der Waals surface area contributed by atoms with E-state index in [1.165, 1.54) is 15.9 Å². The molecule has 0 spiro atoms. The van der Waals surface area contributed by atoms with E-state index < -0.39 is 6.04 Å². The Balaban J connectivity index is 1.49. The molecule has 2 aromatic carbocycles. The highest BCUT2D eigenvalue weighted by Gasteiger charge is 2.21. The van der Waals surface area contributed by atoms with Crippen molar-refractivity contribution in [3.63, 3.8) is 0 Å². The summed E-state index contributed by atoms with van der Waals surface area (Å²) in [6.45, 7) is 0.631. The fraction of sp³-hybridized carbons (Fsp3) is 0.263. The van der Waals surface area contributed by atoms with Gasteiger partial charge in [0.25, 0.3) is 0 Å². The van der Waals surface area contributed by atoms with Crippen molar-refractivity contribution < 1.29 is 4.79 Å². The van der Waals surface area contributed by atoms with E-state index in [1.807, 2.05) is 48.5 Å². The Morgan fingerprint density at radius 3 is 2.50 bits per heavy atom. The summed E-state index contributed by atoms with van der Waals surface area (Å²) in [7, 11) is 0. The number of tetrazole rings is 1. The second kappa shape index (κ2) is 9.72. The molecule has 7 heteroatoms. The third kappa shape index (κ3) is 5.42. The molecule has 1 unspecified atom stereocenters. The van der Waals surface area contributed by atoms with E-state index >= 15 is 0 Å². The molecular weight excluding hydrogens is 346 g/mol. The van der Waals surface area contributed by atoms with Crippen LogP contribution >= 0.6 is 11.8 Å². The quantitative estimate of drug-likeness (QED) is 0.465. The van der Waals surface area contributed by atoms with Gasteiger partial charge >= 0.3 is 0 Å². The summed E-state index contributed by atoms with van der Waals surface area (Å²) in [5, 5.41) is 14.2. The van der Waals surface area contributed by atoms with Crippen LogP contribution in [0.15, 0.2) is 71.9 Å². The van der Waals surface area contributed by atoms with Crippen molar-refractivity contribution in [2.45, 2.75) is 23.8 Å². The zero-order chi connectivity index (χ0) is 18.0. The number of hydrogen-bond acceptors (Lipinski definition) is 5. The summed E-state index contributed by atoms with van der Waals surface area (Å²) in [5.41, 5.74) is 1.07. The molecule has 134 valence electrons. The standard InChI is InChI=1S/C19H21N5OS/c25-19(20-12-7-13-26-17-10-5-2-6-11-17)18(24-15-21-22-23-24)14-16-8-3-1-4-9-16/h1-6,8-11,15,18H,7,12-14H2,(H,20,25). The van der Waals surface area contributed by atoms with Crippen LogP contribution in [-0.2, 0) is 11.2 Å². The molecule has 1 N–H and O–H groups in total. The average molecular weight is 367 g/mol. The highest BCUT2D eigenvalue weighted by molar-refractivity contribution is 7.99. The first kappa shape index (κ1) is 18.1. The van der Waals surface area contributed by atoms with Gasteiger partial charge in [-0.05, 0) is 40.3 Å². The molecule has 3 aromatic rings. The maximum Gasteiger partial charge on any atom is 0.245 e. The van der Waals surface area contributed by atoms with Gasteiger partial charge in [-0.15, -0.1) is 16.9 Å². The molecule has 0 saturated carbocycles. The van der Waals surface area contributed by atoms with Crippen molar-refractivity contribution in [2.75, 3.05) is 12.3 Å². The highest BCUT2D eigenvalue weighted by Crippen LogP contribution is 2.17. The second-order valence-corrected chi connectivity index (χ2v) is 6.97. The topological polar surface area (TPSA) is 72.7 Å². The third-order valence-electron chi connectivity index (χ3n) is 3.89. The van der Waals surface area contributed by atoms with Gasteiger partial charge in [-0.1, -0.05) is 48.5 Å². The summed E-state index contributed by atoms with van der Waals surface area (Å²) in [6, 6.07) is 19.7. The van der Waals surface area contributed by atoms with Crippen molar-refractivity contribution in [1.82, 2.24) is 25.5 Å². The zero-order valence-electron chi connectivity index (χ0n) is 14.4. The van der Waals surface area contributed by atoms with Gasteiger partial charge in [0.05, 0.1) is 0 Å². The molecule has 0 bridgehead atoms. The minimum atomic E-state index is -0.450. The first-order chi connectivity index (χ1) is 12.8. The molecule has 1 atom stereocenters. The van der Waals surface area contributed by atoms with E-state index in [1.54, 1.807) is 11.8 Å². The van der Waals surface area contributed by atoms with Crippen molar-refractivity contribution in [3.8, 4) is 0 Å². The van der Waals surface area contributed by atoms with E-state index in [2.05, 4.69) is 33.0 Å². The van der Waals surface area contributed by atoms with Crippen LogP contribution in [0, 0.1) is 0 Å². The van der Waals surface area contributed by atoms with Gasteiger partial charge in [-0.2, -0.15) is 0 Å². The fourth-order valence-corrected chi connectivity index (χ4v) is 3.44. The second-order valence-electron chi connectivity index (χ2n) is 5.80. The molecule has 6 nitrogen and oxygen atoms in total. The number of carbonyl (C=O) groups excluding carboxylic acids is 1. The molecule has 26 heavy (non-hydrogen) atoms. The Morgan fingerprint density at radius 2 is 1.81 bits per heavy atom. The van der Waals surface area contributed by atoms with Crippen LogP contribution in [0.2, 0.25) is 0 Å². The van der Waals surface area contributed by atoms with Gasteiger partial charge in [0.2, 0.25) is 5.91 Å². The Labute approximate surface area is 157 Å². The summed E-state index contributed by atoms with van der Waals surface area (Å²) in [5.74, 6) is 0.893. The number of carbonyl (C=O) groups is 1. The molecule has 0 aliphatic heterocycles. The lowest BCUT2D eigenvalue weighted by Gasteiger charge is -2.16. The summed E-state index contributed by atoms with van der Waals surface area (Å²) >= 11 is 1.79. The molecule has 0 aliphatic rings. The summed E-state index contributed by atoms with van der Waals surface area (Å²) in [6.07, 6.45) is 2.94. The van der Waals surface area contributed by atoms with E-state index in [0.29, 0.717) is 13.0 Å². The molecule has 1 aromatic heterocycles. The predicted octanol–water partition coefficient (Wildman–Crippen LogP) is 2.76. The number of benzene rings is 2. The number of hydrogen-bond donors (Lipinski definition) is 1. The smallest absolute Gasteiger partial charge is 0.245 e. The van der Waals surface area contributed by atoms with Gasteiger partial charge in [-0.25, -0.2) is 4.68 Å². The van der Waals surface area contributed by atoms with Gasteiger partial charge < -0.3 is 5.32 Å². The molecular formula is C19H21N5OS. The van der Waals surface area contributed by atoms with E-state index in [0.717, 1.165) is 17.7 Å². The van der Waals surface area contributed by atoms with Crippen molar-refractivity contribution in [2.24, 2.45) is 0 Å². The van der Waals surface area contributed by atoms with Crippen LogP contribution in [-0.4, -0.2) is 38.4 Å². The van der Waals surface area contributed by atoms with E-state index in [9.17, 15) is 4.79 Å². The van der Waals surface area contributed by atoms with Crippen LogP contribution in [0.3, 0.4) is 0 Å². The van der Waals surface area contributed by atoms with Crippen LogP contribution < -0.4 is 5.32 Å². The third-order valence-corrected chi connectivity index (χ3v) is 4.99. The minimum absolute atomic E-state index is 0.0640. The Kier molecular flexibility index (Phi) is 6.78. The minimum Gasteiger partial charge on any atom is -0.354 e. The largest absolute Gasteiger partial charge is 0.354 e. The molecule has 0 radical (unpaired) electrons. The highest BCUT2D eigenvalue weighted by atomic mass is 32.2. The van der Waals surface area contributed by atoms with E-state index in [-0.39, 0.29) is 5.91 Å². The lowest BCUT2D eigenvalue weighted by molar-refractivity contribution is -0.124. The Hall–Kier alpha value is -2.67. The molecule has 1 amide bonds. The molecule has 0 fully saturated rings. The molecule has 0 aliphatic carbocycles. The maximum absolute atomic E-state index is 12.6. The number of thioether (sulfide) groups is 1. The van der Waals surface area contributed by atoms with Gasteiger partial charge in [-0.3, -0.25) is 4.79 Å². The van der Waals surface area contributed by atoms with Gasteiger partial charge in [0.15, 0.2) is 0 Å². The normalized spacial score (nSPS) is 11.8. The van der Waals surface area contributed by atoms with Crippen molar-refractivity contribution in [1.29, 1.82) is 0 Å². The van der Waals surface area contributed by atoms with Crippen molar-refractivity contribution >= 4 is 17.7 Å². The summed E-state index contributed by atoms with van der Waals surface area (Å²) in [4.78, 5) is 13.9. The first-order valence-corrected chi connectivity index (χ1v) is 9.53. The lowest BCUT2D eigenvalue weighted by Crippen LogP contribution is -2.35. The van der Waals surface area contributed by atoms with Crippen LogP contribution in [0.25, 0.3) is 0 Å². The SMILES string of the molecule is O=C(NCCCSc1ccccc1)C(Cc1ccccc1)n1cnnn1. The predicted molar refractivity (Wildman–Crippen MR) is 102 cm³/mol. The zero-order valence-corrected chi connectivity index (χ0v) is 15.2. The number of nitrogens with zero attached hydrogens (tertiary/aromatic N) is 4. The molecule has 0 saturated heterocycles. The number of aromatic nitrogens is 4. The van der Waals surface area contributed by atoms with Gasteiger partial charge in [0.1, 0.15) is 12.4 Å². The van der Waals surface area contributed by atoms with Gasteiger partial charge in [0, 0.05) is 17.9 Å². The average Bonchev–Trinajstić information content (AvgIpc) is 3.22. The number of nitrogens with one attached hydrogen (secondary N) is 1. The van der Waals surface area contributed by atoms with Crippen LogP contribution in [0.1, 0.15) is 18.0 Å². The van der Waals surface area contributed by atoms with E-state index in [4.69, 9.17) is 0 Å². The monoisotopic (exact) mass is 367 g/mol.